The van der Waals surface area contributed by atoms with Gasteiger partial charge in [-0.15, -0.1) is 24.0 Å². The molecule has 2 aromatic rings. The van der Waals surface area contributed by atoms with Crippen LogP contribution in [0.1, 0.15) is 31.4 Å². The molecule has 1 unspecified atom stereocenters. The van der Waals surface area contributed by atoms with Crippen molar-refractivity contribution in [2.75, 3.05) is 31.6 Å². The van der Waals surface area contributed by atoms with Crippen LogP contribution in [0.4, 0.5) is 11.4 Å². The molecule has 0 saturated carbocycles. The third kappa shape index (κ3) is 6.31. The van der Waals surface area contributed by atoms with Crippen molar-refractivity contribution in [3.05, 3.63) is 52.3 Å². The standard InChI is InChI=1S/C19H27N7O2.HI/c1-15(16-6-5-7-17(12-16)24-9-3-4-10-24)23-19(20-2)21-8-11-25-14-18(13-22-25)26(27)28;/h5-7,12-15H,3-4,8-11H2,1-2H3,(H2,20,21,23);1H. The summed E-state index contributed by atoms with van der Waals surface area (Å²) < 4.78 is 1.54. The summed E-state index contributed by atoms with van der Waals surface area (Å²) in [7, 11) is 1.72. The van der Waals surface area contributed by atoms with Crippen molar-refractivity contribution in [2.24, 2.45) is 4.99 Å². The van der Waals surface area contributed by atoms with E-state index in [-0.39, 0.29) is 35.7 Å². The van der Waals surface area contributed by atoms with E-state index in [2.05, 4.69) is 56.8 Å². The fourth-order valence-corrected chi connectivity index (χ4v) is 3.31. The molecule has 0 amide bonds. The second-order valence-corrected chi connectivity index (χ2v) is 6.87. The molecule has 3 rings (SSSR count). The van der Waals surface area contributed by atoms with Crippen LogP contribution in [-0.2, 0) is 6.54 Å². The Morgan fingerprint density at radius 2 is 2.14 bits per heavy atom. The van der Waals surface area contributed by atoms with Crippen molar-refractivity contribution in [1.29, 1.82) is 0 Å². The molecule has 10 heteroatoms. The normalized spacial score (nSPS) is 15.0. The molecule has 0 spiro atoms. The number of hydrogen-bond donors (Lipinski definition) is 2. The van der Waals surface area contributed by atoms with E-state index < -0.39 is 4.92 Å². The second kappa shape index (κ2) is 11.0. The molecule has 2 N–H and O–H groups in total. The van der Waals surface area contributed by atoms with E-state index in [1.165, 1.54) is 36.5 Å². The number of aliphatic imine (C=N–C) groups is 1. The minimum atomic E-state index is -0.449. The molecular formula is C19H28IN7O2. The van der Waals surface area contributed by atoms with Crippen LogP contribution in [0.2, 0.25) is 0 Å². The van der Waals surface area contributed by atoms with Gasteiger partial charge < -0.3 is 15.5 Å². The van der Waals surface area contributed by atoms with Crippen LogP contribution in [0.5, 0.6) is 0 Å². The Labute approximate surface area is 187 Å². The highest BCUT2D eigenvalue weighted by Crippen LogP contribution is 2.23. The maximum Gasteiger partial charge on any atom is 0.306 e. The molecule has 1 atom stereocenters. The molecule has 2 heterocycles. The summed E-state index contributed by atoms with van der Waals surface area (Å²) in [5, 5.41) is 21.3. The quantitative estimate of drug-likeness (QED) is 0.194. The number of nitrogens with zero attached hydrogens (tertiary/aromatic N) is 5. The van der Waals surface area contributed by atoms with E-state index in [1.54, 1.807) is 11.7 Å². The van der Waals surface area contributed by atoms with Gasteiger partial charge in [0.15, 0.2) is 5.96 Å². The summed E-state index contributed by atoms with van der Waals surface area (Å²) in [5.74, 6) is 0.681. The van der Waals surface area contributed by atoms with Crippen LogP contribution >= 0.6 is 24.0 Å². The molecule has 1 aliphatic heterocycles. The molecule has 0 radical (unpaired) electrons. The van der Waals surface area contributed by atoms with Crippen molar-refractivity contribution in [2.45, 2.75) is 32.4 Å². The smallest absolute Gasteiger partial charge is 0.306 e. The highest BCUT2D eigenvalue weighted by atomic mass is 127. The van der Waals surface area contributed by atoms with Crippen LogP contribution < -0.4 is 15.5 Å². The van der Waals surface area contributed by atoms with E-state index >= 15 is 0 Å². The first-order chi connectivity index (χ1) is 13.6. The summed E-state index contributed by atoms with van der Waals surface area (Å²) in [6.07, 6.45) is 5.19. The van der Waals surface area contributed by atoms with Gasteiger partial charge in [0.25, 0.3) is 0 Å². The lowest BCUT2D eigenvalue weighted by Gasteiger charge is -2.22. The Kier molecular flexibility index (Phi) is 8.68. The fourth-order valence-electron chi connectivity index (χ4n) is 3.31. The van der Waals surface area contributed by atoms with Crippen molar-refractivity contribution < 1.29 is 4.92 Å². The molecule has 1 aliphatic rings. The van der Waals surface area contributed by atoms with Gasteiger partial charge in [0.2, 0.25) is 0 Å². The van der Waals surface area contributed by atoms with Crippen LogP contribution in [0.3, 0.4) is 0 Å². The lowest BCUT2D eigenvalue weighted by Crippen LogP contribution is -2.40. The Bertz CT molecular complexity index is 833. The number of hydrogen-bond acceptors (Lipinski definition) is 5. The highest BCUT2D eigenvalue weighted by Gasteiger charge is 2.14. The van der Waals surface area contributed by atoms with Gasteiger partial charge in [0, 0.05) is 32.4 Å². The second-order valence-electron chi connectivity index (χ2n) is 6.87. The number of benzene rings is 1. The average Bonchev–Trinajstić information content (AvgIpc) is 3.39. The molecule has 1 aromatic heterocycles. The number of anilines is 1. The minimum absolute atomic E-state index is 0. The number of rotatable bonds is 7. The SMILES string of the molecule is CN=C(NCCn1cc([N+](=O)[O-])cn1)NC(C)c1cccc(N2CCCC2)c1.I. The molecular weight excluding hydrogens is 485 g/mol. The van der Waals surface area contributed by atoms with Gasteiger partial charge in [-0.05, 0) is 37.5 Å². The predicted octanol–water partition coefficient (Wildman–Crippen LogP) is 2.94. The monoisotopic (exact) mass is 513 g/mol. The first-order valence-corrected chi connectivity index (χ1v) is 9.56. The van der Waals surface area contributed by atoms with Gasteiger partial charge in [-0.1, -0.05) is 12.1 Å². The lowest BCUT2D eigenvalue weighted by molar-refractivity contribution is -0.385. The van der Waals surface area contributed by atoms with Gasteiger partial charge in [-0.3, -0.25) is 19.8 Å². The van der Waals surface area contributed by atoms with Crippen molar-refractivity contribution in [3.63, 3.8) is 0 Å². The summed E-state index contributed by atoms with van der Waals surface area (Å²) in [6, 6.07) is 8.71. The van der Waals surface area contributed by atoms with Crippen LogP contribution in [-0.4, -0.2) is 47.3 Å². The van der Waals surface area contributed by atoms with E-state index in [4.69, 9.17) is 0 Å². The Hall–Kier alpha value is -2.37. The van der Waals surface area contributed by atoms with Crippen molar-refractivity contribution >= 4 is 41.3 Å². The summed E-state index contributed by atoms with van der Waals surface area (Å²) in [4.78, 5) is 16.9. The zero-order chi connectivity index (χ0) is 19.9. The summed E-state index contributed by atoms with van der Waals surface area (Å²) in [5.41, 5.74) is 2.47. The van der Waals surface area contributed by atoms with Gasteiger partial charge in [0.1, 0.15) is 12.4 Å². The topological polar surface area (TPSA) is 101 Å². The number of aromatic nitrogens is 2. The maximum absolute atomic E-state index is 10.7. The van der Waals surface area contributed by atoms with E-state index in [9.17, 15) is 10.1 Å². The number of nitro groups is 1. The molecule has 1 aromatic carbocycles. The number of nitrogens with one attached hydrogen (secondary N) is 2. The Morgan fingerprint density at radius 1 is 1.38 bits per heavy atom. The third-order valence-corrected chi connectivity index (χ3v) is 4.88. The lowest BCUT2D eigenvalue weighted by atomic mass is 10.1. The molecule has 1 fully saturated rings. The van der Waals surface area contributed by atoms with Gasteiger partial charge in [0.05, 0.1) is 17.5 Å². The van der Waals surface area contributed by atoms with Crippen LogP contribution in [0, 0.1) is 10.1 Å². The molecule has 0 aliphatic carbocycles. The summed E-state index contributed by atoms with van der Waals surface area (Å²) >= 11 is 0. The van der Waals surface area contributed by atoms with Crippen LogP contribution in [0.25, 0.3) is 0 Å². The zero-order valence-corrected chi connectivity index (χ0v) is 19.1. The first kappa shape index (κ1) is 22.9. The van der Waals surface area contributed by atoms with Gasteiger partial charge in [-0.25, -0.2) is 0 Å². The molecule has 0 bridgehead atoms. The summed E-state index contributed by atoms with van der Waals surface area (Å²) in [6.45, 7) is 5.42. The number of guanidine groups is 1. The van der Waals surface area contributed by atoms with Gasteiger partial charge in [-0.2, -0.15) is 5.10 Å². The van der Waals surface area contributed by atoms with E-state index in [1.807, 2.05) is 0 Å². The minimum Gasteiger partial charge on any atom is -0.372 e. The zero-order valence-electron chi connectivity index (χ0n) is 16.7. The third-order valence-electron chi connectivity index (χ3n) is 4.88. The predicted molar refractivity (Wildman–Crippen MR) is 125 cm³/mol. The van der Waals surface area contributed by atoms with E-state index in [0.29, 0.717) is 19.0 Å². The molecule has 29 heavy (non-hydrogen) atoms. The Balaban J connectivity index is 0.00000300. The van der Waals surface area contributed by atoms with Crippen molar-refractivity contribution in [1.82, 2.24) is 20.4 Å². The largest absolute Gasteiger partial charge is 0.372 e. The maximum atomic E-state index is 10.7. The van der Waals surface area contributed by atoms with E-state index in [0.717, 1.165) is 13.1 Å². The van der Waals surface area contributed by atoms with Gasteiger partial charge >= 0.3 is 5.69 Å². The van der Waals surface area contributed by atoms with Crippen LogP contribution in [0.15, 0.2) is 41.7 Å². The average molecular weight is 513 g/mol. The molecule has 9 nitrogen and oxygen atoms in total. The molecule has 1 saturated heterocycles. The van der Waals surface area contributed by atoms with Crippen molar-refractivity contribution in [3.8, 4) is 0 Å². The molecule has 158 valence electrons. The number of halogens is 1. The fraction of sp³-hybridized carbons (Fsp3) is 0.474. The first-order valence-electron chi connectivity index (χ1n) is 9.56. The Morgan fingerprint density at radius 3 is 2.79 bits per heavy atom. The highest BCUT2D eigenvalue weighted by molar-refractivity contribution is 14.0.